The molecule has 1 aromatic heterocycles. The number of fused-ring (bicyclic) bond motifs is 4. The van der Waals surface area contributed by atoms with Crippen molar-refractivity contribution in [1.29, 1.82) is 0 Å². The van der Waals surface area contributed by atoms with Crippen LogP contribution in [0, 0.1) is 11.3 Å². The summed E-state index contributed by atoms with van der Waals surface area (Å²) in [5.74, 6) is 2.00. The molecule has 1 aromatic carbocycles. The molecule has 7 rings (SSSR count). The maximum Gasteiger partial charge on any atom is 0.416 e. The predicted octanol–water partition coefficient (Wildman–Crippen LogP) is 4.51. The van der Waals surface area contributed by atoms with Crippen LogP contribution in [-0.2, 0) is 28.7 Å². The van der Waals surface area contributed by atoms with Crippen molar-refractivity contribution in [3.63, 3.8) is 0 Å². The molecular formula is C33H36F3N5O4. The molecule has 3 fully saturated rings. The van der Waals surface area contributed by atoms with Crippen LogP contribution in [0.25, 0.3) is 0 Å². The number of likely N-dealkylation sites (N-methyl/N-ethyl adjacent to an activating group) is 1. The highest BCUT2D eigenvalue weighted by atomic mass is 19.4. The molecule has 9 nitrogen and oxygen atoms in total. The van der Waals surface area contributed by atoms with Gasteiger partial charge in [0.2, 0.25) is 5.91 Å². The molecule has 2 aliphatic carbocycles. The number of ether oxygens (including phenoxy) is 2. The summed E-state index contributed by atoms with van der Waals surface area (Å²) in [6.07, 6.45) is 1.93. The number of benzene rings is 1. The number of pyridine rings is 1. The Morgan fingerprint density at radius 1 is 1.16 bits per heavy atom. The average Bonchev–Trinajstić information content (AvgIpc) is 3.60. The number of nitrogens with one attached hydrogen (secondary N) is 2. The van der Waals surface area contributed by atoms with E-state index in [9.17, 15) is 22.8 Å². The number of carbonyl (C=O) groups excluding carboxylic acids is 2. The third kappa shape index (κ3) is 5.58. The maximum atomic E-state index is 14.1. The first-order valence-electron chi connectivity index (χ1n) is 15.5. The first-order chi connectivity index (χ1) is 21.5. The van der Waals surface area contributed by atoms with E-state index in [1.165, 1.54) is 12.1 Å². The SMILES string of the molecule is CCN1CCN(Cc2ccc(C(=O)N[C@@H]3[C@H]4OC5=CC=C(Oc6ccnc7c6CCC(=O)N7)CC5(C)[C@@H]34)cc2C(F)(F)F)CC1. The summed E-state index contributed by atoms with van der Waals surface area (Å²) < 4.78 is 54.9. The molecule has 1 unspecified atom stereocenters. The van der Waals surface area contributed by atoms with Gasteiger partial charge in [-0.15, -0.1) is 0 Å². The first kappa shape index (κ1) is 29.8. The van der Waals surface area contributed by atoms with Crippen molar-refractivity contribution in [1.82, 2.24) is 20.1 Å². The third-order valence-electron chi connectivity index (χ3n) is 9.87. The Bertz CT molecular complexity index is 1600. The van der Waals surface area contributed by atoms with Gasteiger partial charge in [0.1, 0.15) is 29.2 Å². The third-order valence-corrected chi connectivity index (χ3v) is 9.87. The molecule has 12 heteroatoms. The van der Waals surface area contributed by atoms with Gasteiger partial charge in [-0.1, -0.05) is 19.9 Å². The number of rotatable bonds is 7. The lowest BCUT2D eigenvalue weighted by atomic mass is 9.77. The topological polar surface area (TPSA) is 96.0 Å². The van der Waals surface area contributed by atoms with Crippen molar-refractivity contribution in [2.24, 2.45) is 11.3 Å². The number of alkyl halides is 3. The molecule has 4 atom stereocenters. The van der Waals surface area contributed by atoms with E-state index >= 15 is 0 Å². The molecule has 0 radical (unpaired) electrons. The molecule has 0 bridgehead atoms. The van der Waals surface area contributed by atoms with Crippen LogP contribution in [0.4, 0.5) is 19.0 Å². The smallest absolute Gasteiger partial charge is 0.416 e. The predicted molar refractivity (Wildman–Crippen MR) is 159 cm³/mol. The van der Waals surface area contributed by atoms with Crippen LogP contribution in [0.5, 0.6) is 5.75 Å². The molecule has 2 aromatic rings. The number of hydrogen-bond donors (Lipinski definition) is 2. The van der Waals surface area contributed by atoms with E-state index < -0.39 is 23.1 Å². The lowest BCUT2D eigenvalue weighted by Crippen LogP contribution is -2.45. The second-order valence-electron chi connectivity index (χ2n) is 12.7. The maximum absolute atomic E-state index is 14.1. The van der Waals surface area contributed by atoms with Crippen LogP contribution in [0.15, 0.2) is 54.1 Å². The molecule has 0 spiro atoms. The van der Waals surface area contributed by atoms with Gasteiger partial charge in [0.05, 0.1) is 11.6 Å². The van der Waals surface area contributed by atoms with E-state index in [0.717, 1.165) is 37.0 Å². The van der Waals surface area contributed by atoms with Crippen molar-refractivity contribution in [2.75, 3.05) is 38.0 Å². The molecule has 5 aliphatic rings. The summed E-state index contributed by atoms with van der Waals surface area (Å²) >= 11 is 0. The van der Waals surface area contributed by atoms with Gasteiger partial charge in [-0.2, -0.15) is 13.2 Å². The standard InChI is InChI=1S/C33H36F3N5O4/c1-3-40-12-14-41(15-13-40)18-20-5-4-19(16-23(20)33(34,35)36)31(43)39-28-27-29(28)45-25-8-6-21(17-32(25,27)2)44-24-10-11-37-30-22(24)7-9-26(42)38-30/h4-6,8,10-11,16,27-29H,3,7,9,12-15,17-18H2,1-2H3,(H,39,43)(H,37,38,42)/t27-,28-,29-,32?/m0/s1. The Hall–Kier alpha value is -3.90. The fourth-order valence-corrected chi connectivity index (χ4v) is 7.25. The van der Waals surface area contributed by atoms with Crippen molar-refractivity contribution < 1.29 is 32.2 Å². The largest absolute Gasteiger partial charge is 0.492 e. The Morgan fingerprint density at radius 3 is 2.69 bits per heavy atom. The second-order valence-corrected chi connectivity index (χ2v) is 12.7. The van der Waals surface area contributed by atoms with Crippen LogP contribution in [-0.4, -0.2) is 71.5 Å². The highest BCUT2D eigenvalue weighted by Gasteiger charge is 2.69. The van der Waals surface area contributed by atoms with Gasteiger partial charge in [0.15, 0.2) is 0 Å². The quantitative estimate of drug-likeness (QED) is 0.469. The Balaban J connectivity index is 1.02. The molecule has 2 N–H and O–H groups in total. The first-order valence-corrected chi connectivity index (χ1v) is 15.5. The minimum atomic E-state index is -4.58. The highest BCUT2D eigenvalue weighted by Crippen LogP contribution is 2.63. The summed E-state index contributed by atoms with van der Waals surface area (Å²) in [6.45, 7) is 8.33. The van der Waals surface area contributed by atoms with Crippen molar-refractivity contribution >= 4 is 17.6 Å². The Morgan fingerprint density at radius 2 is 1.93 bits per heavy atom. The van der Waals surface area contributed by atoms with E-state index in [2.05, 4.69) is 34.4 Å². The van der Waals surface area contributed by atoms with Crippen molar-refractivity contribution in [2.45, 2.75) is 58.0 Å². The zero-order valence-electron chi connectivity index (χ0n) is 25.2. The number of allylic oxidation sites excluding steroid dienone is 4. The molecule has 3 aliphatic heterocycles. The summed E-state index contributed by atoms with van der Waals surface area (Å²) in [4.78, 5) is 33.6. The normalized spacial score (nSPS) is 27.7. The van der Waals surface area contributed by atoms with Crippen LogP contribution in [0.1, 0.15) is 53.7 Å². The number of aromatic nitrogens is 1. The van der Waals surface area contributed by atoms with Gasteiger partial charge >= 0.3 is 6.18 Å². The lowest BCUT2D eigenvalue weighted by molar-refractivity contribution is -0.138. The van der Waals surface area contributed by atoms with Crippen LogP contribution >= 0.6 is 0 Å². The van der Waals surface area contributed by atoms with E-state index in [0.29, 0.717) is 49.7 Å². The van der Waals surface area contributed by atoms with Gasteiger partial charge < -0.3 is 25.0 Å². The lowest BCUT2D eigenvalue weighted by Gasteiger charge is -2.34. The monoisotopic (exact) mass is 623 g/mol. The Labute approximate surface area is 259 Å². The zero-order chi connectivity index (χ0) is 31.5. The number of amides is 2. The summed E-state index contributed by atoms with van der Waals surface area (Å²) in [7, 11) is 0. The van der Waals surface area contributed by atoms with Crippen LogP contribution in [0.3, 0.4) is 0 Å². The van der Waals surface area contributed by atoms with E-state index in [4.69, 9.17) is 9.47 Å². The summed E-state index contributed by atoms with van der Waals surface area (Å²) in [5, 5.41) is 5.73. The van der Waals surface area contributed by atoms with Gasteiger partial charge in [-0.05, 0) is 48.9 Å². The second kappa shape index (κ2) is 11.2. The number of piperazine rings is 1. The van der Waals surface area contributed by atoms with E-state index in [1.807, 2.05) is 17.1 Å². The minimum Gasteiger partial charge on any atom is -0.492 e. The van der Waals surface area contributed by atoms with Crippen molar-refractivity contribution in [3.05, 3.63) is 76.4 Å². The summed E-state index contributed by atoms with van der Waals surface area (Å²) in [6, 6.07) is 5.36. The minimum absolute atomic E-state index is 0.0186. The van der Waals surface area contributed by atoms with Gasteiger partial charge in [-0.25, -0.2) is 4.98 Å². The molecule has 2 amide bonds. The Kier molecular flexibility index (Phi) is 7.39. The molecular weight excluding hydrogens is 587 g/mol. The molecule has 2 saturated heterocycles. The zero-order valence-corrected chi connectivity index (χ0v) is 25.2. The van der Waals surface area contributed by atoms with Gasteiger partial charge in [0, 0.05) is 74.2 Å². The number of carbonyl (C=O) groups is 2. The fourth-order valence-electron chi connectivity index (χ4n) is 7.25. The number of nitrogens with zero attached hydrogens (tertiary/aromatic N) is 3. The van der Waals surface area contributed by atoms with Crippen LogP contribution < -0.4 is 15.4 Å². The van der Waals surface area contributed by atoms with Crippen LogP contribution in [0.2, 0.25) is 0 Å². The molecule has 45 heavy (non-hydrogen) atoms. The van der Waals surface area contributed by atoms with E-state index in [1.54, 1.807) is 12.3 Å². The average molecular weight is 624 g/mol. The number of hydrogen-bond acceptors (Lipinski definition) is 7. The van der Waals surface area contributed by atoms with Crippen molar-refractivity contribution in [3.8, 4) is 5.75 Å². The molecule has 4 heterocycles. The number of anilines is 1. The van der Waals surface area contributed by atoms with Gasteiger partial charge in [-0.3, -0.25) is 14.5 Å². The molecule has 1 saturated carbocycles. The molecule has 238 valence electrons. The van der Waals surface area contributed by atoms with E-state index in [-0.39, 0.29) is 41.6 Å². The van der Waals surface area contributed by atoms with Gasteiger partial charge in [0.25, 0.3) is 5.91 Å². The summed E-state index contributed by atoms with van der Waals surface area (Å²) in [5.41, 5.74) is -0.211. The number of halogens is 3. The highest BCUT2D eigenvalue weighted by molar-refractivity contribution is 5.95. The fraction of sp³-hybridized carbons (Fsp3) is 0.485.